The number of hydrogen-bond donors (Lipinski definition) is 0. The zero-order chi connectivity index (χ0) is 13.2. The van der Waals surface area contributed by atoms with Gasteiger partial charge in [-0.05, 0) is 29.0 Å². The van der Waals surface area contributed by atoms with E-state index in [4.69, 9.17) is 12.2 Å². The average Bonchev–Trinajstić information content (AvgIpc) is 2.29. The van der Waals surface area contributed by atoms with E-state index in [9.17, 15) is 13.2 Å². The molecule has 0 unspecified atom stereocenters. The molecule has 0 aliphatic heterocycles. The molecule has 0 spiro atoms. The Bertz CT molecular complexity index is 527. The highest BCUT2D eigenvalue weighted by atomic mass is 32.2. The number of thiocarbonyl (C=S) groups is 1. The Morgan fingerprint density at radius 3 is 2.78 bits per heavy atom. The third kappa shape index (κ3) is 3.23. The van der Waals surface area contributed by atoms with Gasteiger partial charge >= 0.3 is 5.51 Å². The summed E-state index contributed by atoms with van der Waals surface area (Å²) >= 11 is 5.03. The second-order valence-corrected chi connectivity index (χ2v) is 5.16. The molecule has 1 aromatic carbocycles. The summed E-state index contributed by atoms with van der Waals surface area (Å²) in [5.74, 6) is 0. The molecule has 2 rings (SSSR count). The summed E-state index contributed by atoms with van der Waals surface area (Å²) in [5.41, 5.74) is -3.15. The fourth-order valence-corrected chi connectivity index (χ4v) is 2.54. The SMILES string of the molecule is FC(F)(F)Sc1[c]cccc1C1=CC=CCC1=S. The molecule has 0 fully saturated rings. The minimum absolute atomic E-state index is 0.0638. The maximum absolute atomic E-state index is 12.5. The number of hydrogen-bond acceptors (Lipinski definition) is 2. The van der Waals surface area contributed by atoms with Gasteiger partial charge in [-0.15, -0.1) is 0 Å². The van der Waals surface area contributed by atoms with E-state index >= 15 is 0 Å². The maximum atomic E-state index is 12.5. The molecule has 0 saturated heterocycles. The van der Waals surface area contributed by atoms with Crippen molar-refractivity contribution >= 4 is 34.4 Å². The van der Waals surface area contributed by atoms with Crippen LogP contribution in [0, 0.1) is 6.07 Å². The average molecular weight is 285 g/mol. The van der Waals surface area contributed by atoms with Crippen molar-refractivity contribution in [1.82, 2.24) is 0 Å². The summed E-state index contributed by atoms with van der Waals surface area (Å²) in [6.45, 7) is 0. The lowest BCUT2D eigenvalue weighted by Gasteiger charge is -2.15. The van der Waals surface area contributed by atoms with Crippen LogP contribution in [0.3, 0.4) is 0 Å². The molecule has 0 N–H and O–H groups in total. The zero-order valence-electron chi connectivity index (χ0n) is 9.12. The van der Waals surface area contributed by atoms with E-state index in [1.807, 2.05) is 6.08 Å². The highest BCUT2D eigenvalue weighted by molar-refractivity contribution is 8.00. The number of thioether (sulfide) groups is 1. The van der Waals surface area contributed by atoms with Crippen molar-refractivity contribution < 1.29 is 13.2 Å². The van der Waals surface area contributed by atoms with Crippen molar-refractivity contribution in [3.05, 3.63) is 48.1 Å². The fourth-order valence-electron chi connectivity index (χ4n) is 1.62. The lowest BCUT2D eigenvalue weighted by atomic mass is 9.97. The first kappa shape index (κ1) is 13.4. The number of rotatable bonds is 2. The van der Waals surface area contributed by atoms with Gasteiger partial charge in [0, 0.05) is 16.2 Å². The smallest absolute Gasteiger partial charge is 0.160 e. The van der Waals surface area contributed by atoms with E-state index in [1.54, 1.807) is 24.3 Å². The quantitative estimate of drug-likeness (QED) is 0.565. The van der Waals surface area contributed by atoms with Gasteiger partial charge in [0.2, 0.25) is 0 Å². The molecule has 0 amide bonds. The van der Waals surface area contributed by atoms with E-state index in [1.165, 1.54) is 6.07 Å². The van der Waals surface area contributed by atoms with E-state index in [0.717, 1.165) is 0 Å². The van der Waals surface area contributed by atoms with Crippen LogP contribution < -0.4 is 0 Å². The number of alkyl halides is 3. The second kappa shape index (κ2) is 5.28. The largest absolute Gasteiger partial charge is 0.446 e. The topological polar surface area (TPSA) is 0 Å². The molecule has 0 nitrogen and oxygen atoms in total. The van der Waals surface area contributed by atoms with Crippen molar-refractivity contribution in [1.29, 1.82) is 0 Å². The van der Waals surface area contributed by atoms with Crippen LogP contribution in [0.2, 0.25) is 0 Å². The van der Waals surface area contributed by atoms with Gasteiger partial charge in [-0.25, -0.2) is 0 Å². The van der Waals surface area contributed by atoms with Crippen molar-refractivity contribution in [3.8, 4) is 0 Å². The minimum atomic E-state index is -4.32. The first-order chi connectivity index (χ1) is 8.47. The number of allylic oxidation sites excluding steroid dienone is 4. The second-order valence-electron chi connectivity index (χ2n) is 3.60. The first-order valence-electron chi connectivity index (χ1n) is 5.14. The molecule has 0 saturated carbocycles. The van der Waals surface area contributed by atoms with Gasteiger partial charge in [-0.2, -0.15) is 13.2 Å². The van der Waals surface area contributed by atoms with E-state index in [-0.39, 0.29) is 16.7 Å². The Kier molecular flexibility index (Phi) is 3.92. The van der Waals surface area contributed by atoms with Crippen LogP contribution in [0.25, 0.3) is 5.57 Å². The molecule has 5 heteroatoms. The van der Waals surface area contributed by atoms with Crippen LogP contribution >= 0.6 is 24.0 Å². The van der Waals surface area contributed by atoms with Crippen LogP contribution in [0.5, 0.6) is 0 Å². The van der Waals surface area contributed by atoms with Crippen LogP contribution in [0.4, 0.5) is 13.2 Å². The molecule has 0 aromatic heterocycles. The predicted octanol–water partition coefficient (Wildman–Crippen LogP) is 4.81. The van der Waals surface area contributed by atoms with Crippen molar-refractivity contribution in [2.24, 2.45) is 0 Å². The molecule has 0 atom stereocenters. The summed E-state index contributed by atoms with van der Waals surface area (Å²) in [6, 6.07) is 7.41. The van der Waals surface area contributed by atoms with Crippen LogP contribution in [-0.2, 0) is 0 Å². The minimum Gasteiger partial charge on any atom is -0.160 e. The molecule has 0 bridgehead atoms. The van der Waals surface area contributed by atoms with Gasteiger partial charge in [0.05, 0.1) is 0 Å². The van der Waals surface area contributed by atoms with Crippen molar-refractivity contribution in [2.75, 3.05) is 0 Å². The Labute approximate surface area is 113 Å². The normalized spacial score (nSPS) is 15.7. The summed E-state index contributed by atoms with van der Waals surface area (Å²) in [5, 5.41) is 0. The van der Waals surface area contributed by atoms with Gasteiger partial charge in [-0.1, -0.05) is 48.6 Å². The van der Waals surface area contributed by atoms with Crippen LogP contribution in [-0.4, -0.2) is 10.4 Å². The van der Waals surface area contributed by atoms with Gasteiger partial charge in [-0.3, -0.25) is 0 Å². The molecular formula is C13H8F3S2. The third-order valence-corrected chi connectivity index (χ3v) is 3.49. The first-order valence-corrected chi connectivity index (χ1v) is 6.37. The third-order valence-electron chi connectivity index (χ3n) is 2.33. The molecule has 1 aliphatic rings. The van der Waals surface area contributed by atoms with Crippen LogP contribution in [0.1, 0.15) is 12.0 Å². The lowest BCUT2D eigenvalue weighted by molar-refractivity contribution is -0.0328. The van der Waals surface area contributed by atoms with Gasteiger partial charge in [0.15, 0.2) is 0 Å². The number of benzene rings is 1. The Hall–Kier alpha value is -1.07. The van der Waals surface area contributed by atoms with Crippen molar-refractivity contribution in [3.63, 3.8) is 0 Å². The van der Waals surface area contributed by atoms with Crippen LogP contribution in [0.15, 0.2) is 41.3 Å². The van der Waals surface area contributed by atoms with E-state index < -0.39 is 5.51 Å². The standard InChI is InChI=1S/C13H8F3S2/c14-13(15,16)18-12-8-4-2-6-10(12)9-5-1-3-7-11(9)17/h1-6H,7H2. The van der Waals surface area contributed by atoms with Crippen molar-refractivity contribution in [2.45, 2.75) is 16.8 Å². The molecule has 0 heterocycles. The summed E-state index contributed by atoms with van der Waals surface area (Å²) in [4.78, 5) is 0.718. The fraction of sp³-hybridized carbons (Fsp3) is 0.154. The molecular weight excluding hydrogens is 277 g/mol. The number of halogens is 3. The lowest BCUT2D eigenvalue weighted by Crippen LogP contribution is -2.05. The maximum Gasteiger partial charge on any atom is 0.446 e. The van der Waals surface area contributed by atoms with E-state index in [0.29, 0.717) is 22.4 Å². The monoisotopic (exact) mass is 285 g/mol. The molecule has 1 aliphatic carbocycles. The zero-order valence-corrected chi connectivity index (χ0v) is 10.8. The Morgan fingerprint density at radius 2 is 2.11 bits per heavy atom. The molecule has 18 heavy (non-hydrogen) atoms. The summed E-state index contributed by atoms with van der Waals surface area (Å²) in [6.07, 6.45) is 6.02. The molecule has 1 aromatic rings. The molecule has 93 valence electrons. The highest BCUT2D eigenvalue weighted by Crippen LogP contribution is 2.40. The molecule has 1 radical (unpaired) electrons. The highest BCUT2D eigenvalue weighted by Gasteiger charge is 2.31. The van der Waals surface area contributed by atoms with Gasteiger partial charge < -0.3 is 0 Å². The summed E-state index contributed by atoms with van der Waals surface area (Å²) < 4.78 is 37.4. The van der Waals surface area contributed by atoms with Gasteiger partial charge in [0.1, 0.15) is 0 Å². The Morgan fingerprint density at radius 1 is 1.33 bits per heavy atom. The van der Waals surface area contributed by atoms with Gasteiger partial charge in [0.25, 0.3) is 0 Å². The Balaban J connectivity index is 2.42. The van der Waals surface area contributed by atoms with E-state index in [2.05, 4.69) is 6.07 Å². The predicted molar refractivity (Wildman–Crippen MR) is 71.5 cm³/mol. The summed E-state index contributed by atoms with van der Waals surface area (Å²) in [7, 11) is 0.